The fourth-order valence-corrected chi connectivity index (χ4v) is 2.56. The quantitative estimate of drug-likeness (QED) is 0.589. The van der Waals surface area contributed by atoms with Gasteiger partial charge in [0, 0.05) is 24.2 Å². The van der Waals surface area contributed by atoms with Crippen LogP contribution in [0.2, 0.25) is 0 Å². The van der Waals surface area contributed by atoms with E-state index in [0.29, 0.717) is 12.1 Å². The zero-order chi connectivity index (χ0) is 15.3. The third kappa shape index (κ3) is 5.14. The SMILES string of the molecule is Cc1ccc(NS(=O)(=O)CCNC(C)C)cc1[N+](=O)[O-]. The van der Waals surface area contributed by atoms with Gasteiger partial charge in [0.1, 0.15) is 0 Å². The van der Waals surface area contributed by atoms with Gasteiger partial charge in [-0.1, -0.05) is 19.9 Å². The van der Waals surface area contributed by atoms with E-state index in [1.54, 1.807) is 6.92 Å². The molecule has 1 aromatic carbocycles. The number of benzene rings is 1. The van der Waals surface area contributed by atoms with E-state index in [0.717, 1.165) is 0 Å². The van der Waals surface area contributed by atoms with Crippen molar-refractivity contribution in [1.82, 2.24) is 5.32 Å². The highest BCUT2D eigenvalue weighted by Crippen LogP contribution is 2.22. The minimum atomic E-state index is -3.52. The summed E-state index contributed by atoms with van der Waals surface area (Å²) in [6.07, 6.45) is 0. The van der Waals surface area contributed by atoms with Gasteiger partial charge in [-0.15, -0.1) is 0 Å². The molecule has 8 heteroatoms. The van der Waals surface area contributed by atoms with Crippen molar-refractivity contribution in [1.29, 1.82) is 0 Å². The van der Waals surface area contributed by atoms with E-state index < -0.39 is 14.9 Å². The molecule has 0 fully saturated rings. The van der Waals surface area contributed by atoms with Gasteiger partial charge in [-0.2, -0.15) is 0 Å². The molecule has 0 aliphatic carbocycles. The Hall–Kier alpha value is -1.67. The molecule has 0 saturated heterocycles. The fraction of sp³-hybridized carbons (Fsp3) is 0.500. The number of nitro benzene ring substituents is 1. The molecule has 0 bridgehead atoms. The van der Waals surface area contributed by atoms with E-state index in [1.165, 1.54) is 18.2 Å². The minimum absolute atomic E-state index is 0.0904. The zero-order valence-electron chi connectivity index (χ0n) is 11.7. The van der Waals surface area contributed by atoms with Crippen LogP contribution in [0.1, 0.15) is 19.4 Å². The lowest BCUT2D eigenvalue weighted by molar-refractivity contribution is -0.385. The number of anilines is 1. The number of nitrogens with zero attached hydrogens (tertiary/aromatic N) is 1. The van der Waals surface area contributed by atoms with Crippen LogP contribution in [0.15, 0.2) is 18.2 Å². The van der Waals surface area contributed by atoms with Crippen LogP contribution in [0.5, 0.6) is 0 Å². The first-order chi connectivity index (χ1) is 9.21. The van der Waals surface area contributed by atoms with Crippen LogP contribution in [0.4, 0.5) is 11.4 Å². The van der Waals surface area contributed by atoms with Crippen molar-refractivity contribution in [3.8, 4) is 0 Å². The molecule has 0 heterocycles. The highest BCUT2D eigenvalue weighted by atomic mass is 32.2. The normalized spacial score (nSPS) is 11.6. The molecule has 20 heavy (non-hydrogen) atoms. The van der Waals surface area contributed by atoms with Gasteiger partial charge in [0.15, 0.2) is 0 Å². The Kier molecular flexibility index (Phi) is 5.46. The van der Waals surface area contributed by atoms with E-state index in [-0.39, 0.29) is 23.2 Å². The molecule has 0 spiro atoms. The van der Waals surface area contributed by atoms with Crippen molar-refractivity contribution in [3.05, 3.63) is 33.9 Å². The molecule has 1 rings (SSSR count). The highest BCUT2D eigenvalue weighted by molar-refractivity contribution is 7.92. The van der Waals surface area contributed by atoms with Crippen LogP contribution < -0.4 is 10.0 Å². The lowest BCUT2D eigenvalue weighted by atomic mass is 10.2. The monoisotopic (exact) mass is 301 g/mol. The summed E-state index contributed by atoms with van der Waals surface area (Å²) in [4.78, 5) is 10.3. The Labute approximate surface area is 118 Å². The molecule has 0 aromatic heterocycles. The molecule has 0 atom stereocenters. The van der Waals surface area contributed by atoms with E-state index in [1.807, 2.05) is 13.8 Å². The third-order valence-electron chi connectivity index (χ3n) is 2.60. The number of rotatable bonds is 7. The van der Waals surface area contributed by atoms with Crippen molar-refractivity contribution in [2.75, 3.05) is 17.0 Å². The van der Waals surface area contributed by atoms with Gasteiger partial charge in [0.05, 0.1) is 16.4 Å². The Morgan fingerprint density at radius 3 is 2.55 bits per heavy atom. The number of hydrogen-bond donors (Lipinski definition) is 2. The van der Waals surface area contributed by atoms with Crippen LogP contribution in [0.3, 0.4) is 0 Å². The summed E-state index contributed by atoms with van der Waals surface area (Å²) in [6, 6.07) is 4.45. The maximum Gasteiger partial charge on any atom is 0.274 e. The van der Waals surface area contributed by atoms with E-state index in [4.69, 9.17) is 0 Å². The van der Waals surface area contributed by atoms with Gasteiger partial charge >= 0.3 is 0 Å². The molecule has 0 radical (unpaired) electrons. The van der Waals surface area contributed by atoms with E-state index in [2.05, 4.69) is 10.0 Å². The van der Waals surface area contributed by atoms with Gasteiger partial charge < -0.3 is 5.32 Å². The summed E-state index contributed by atoms with van der Waals surface area (Å²) in [5, 5.41) is 13.8. The first-order valence-corrected chi connectivity index (χ1v) is 7.85. The summed E-state index contributed by atoms with van der Waals surface area (Å²) in [7, 11) is -3.52. The molecule has 7 nitrogen and oxygen atoms in total. The molecular weight excluding hydrogens is 282 g/mol. The number of nitro groups is 1. The highest BCUT2D eigenvalue weighted by Gasteiger charge is 2.15. The molecule has 0 amide bonds. The van der Waals surface area contributed by atoms with Crippen LogP contribution in [0.25, 0.3) is 0 Å². The lowest BCUT2D eigenvalue weighted by Gasteiger charge is -2.10. The third-order valence-corrected chi connectivity index (χ3v) is 3.89. The minimum Gasteiger partial charge on any atom is -0.313 e. The molecule has 0 aliphatic heterocycles. The van der Waals surface area contributed by atoms with E-state index >= 15 is 0 Å². The van der Waals surface area contributed by atoms with Crippen LogP contribution in [0, 0.1) is 17.0 Å². The van der Waals surface area contributed by atoms with Crippen molar-refractivity contribution in [2.24, 2.45) is 0 Å². The second-order valence-electron chi connectivity index (χ2n) is 4.79. The number of nitrogens with one attached hydrogen (secondary N) is 2. The number of aryl methyl sites for hydroxylation is 1. The second-order valence-corrected chi connectivity index (χ2v) is 6.63. The van der Waals surface area contributed by atoms with Crippen molar-refractivity contribution < 1.29 is 13.3 Å². The maximum atomic E-state index is 11.8. The Morgan fingerprint density at radius 2 is 2.00 bits per heavy atom. The first kappa shape index (κ1) is 16.4. The number of sulfonamides is 1. The Bertz CT molecular complexity index is 584. The van der Waals surface area contributed by atoms with E-state index in [9.17, 15) is 18.5 Å². The van der Waals surface area contributed by atoms with Crippen molar-refractivity contribution >= 4 is 21.4 Å². The van der Waals surface area contributed by atoms with Crippen molar-refractivity contribution in [3.63, 3.8) is 0 Å². The lowest BCUT2D eigenvalue weighted by Crippen LogP contribution is -2.30. The summed E-state index contributed by atoms with van der Waals surface area (Å²) in [6.45, 7) is 5.76. The Balaban J connectivity index is 2.77. The van der Waals surface area contributed by atoms with Gasteiger partial charge in [-0.05, 0) is 13.0 Å². The van der Waals surface area contributed by atoms with Crippen LogP contribution in [-0.2, 0) is 10.0 Å². The van der Waals surface area contributed by atoms with Crippen LogP contribution >= 0.6 is 0 Å². The van der Waals surface area contributed by atoms with Crippen LogP contribution in [-0.4, -0.2) is 31.7 Å². The predicted octanol–water partition coefficient (Wildman–Crippen LogP) is 1.64. The zero-order valence-corrected chi connectivity index (χ0v) is 12.5. The average Bonchev–Trinajstić information content (AvgIpc) is 2.30. The predicted molar refractivity (Wildman–Crippen MR) is 78.4 cm³/mol. The van der Waals surface area contributed by atoms with Gasteiger partial charge in [0.25, 0.3) is 5.69 Å². The van der Waals surface area contributed by atoms with Gasteiger partial charge in [-0.3, -0.25) is 14.8 Å². The van der Waals surface area contributed by atoms with Crippen molar-refractivity contribution in [2.45, 2.75) is 26.8 Å². The molecule has 1 aromatic rings. The molecule has 2 N–H and O–H groups in total. The molecule has 0 aliphatic rings. The fourth-order valence-electron chi connectivity index (χ4n) is 1.58. The summed E-state index contributed by atoms with van der Waals surface area (Å²) < 4.78 is 26.0. The maximum absolute atomic E-state index is 11.8. The Morgan fingerprint density at radius 1 is 1.35 bits per heavy atom. The smallest absolute Gasteiger partial charge is 0.274 e. The summed E-state index contributed by atoms with van der Waals surface area (Å²) in [5.41, 5.74) is 0.580. The molecule has 0 unspecified atom stereocenters. The average molecular weight is 301 g/mol. The summed E-state index contributed by atoms with van der Waals surface area (Å²) >= 11 is 0. The molecule has 112 valence electrons. The molecular formula is C12H19N3O4S. The summed E-state index contributed by atoms with van der Waals surface area (Å²) in [5.74, 6) is -0.0904. The largest absolute Gasteiger partial charge is 0.313 e. The standard InChI is InChI=1S/C12H19N3O4S/c1-9(2)13-6-7-20(18,19)14-11-5-4-10(3)12(8-11)15(16)17/h4-5,8-9,13-14H,6-7H2,1-3H3. The van der Waals surface area contributed by atoms with Gasteiger partial charge in [0.2, 0.25) is 10.0 Å². The second kappa shape index (κ2) is 6.67. The number of hydrogen-bond acceptors (Lipinski definition) is 5. The molecule has 0 saturated carbocycles. The van der Waals surface area contributed by atoms with Gasteiger partial charge in [-0.25, -0.2) is 8.42 Å². The topological polar surface area (TPSA) is 101 Å². The first-order valence-electron chi connectivity index (χ1n) is 6.20.